The lowest BCUT2D eigenvalue weighted by molar-refractivity contribution is -0.143. The van der Waals surface area contributed by atoms with Gasteiger partial charge in [0.15, 0.2) is 0 Å². The smallest absolute Gasteiger partial charge is 0.251 e. The van der Waals surface area contributed by atoms with Crippen LogP contribution in [0.2, 0.25) is 5.02 Å². The summed E-state index contributed by atoms with van der Waals surface area (Å²) in [5.41, 5.74) is 6.74. The van der Waals surface area contributed by atoms with E-state index in [0.29, 0.717) is 6.54 Å². The lowest BCUT2D eigenvalue weighted by atomic mass is 10.0. The summed E-state index contributed by atoms with van der Waals surface area (Å²) in [6.45, 7) is 1.31. The molecule has 0 bridgehead atoms. The van der Waals surface area contributed by atoms with Crippen molar-refractivity contribution in [2.24, 2.45) is 5.73 Å². The maximum atomic E-state index is 12.7. The Hall–Kier alpha value is -1.10. The summed E-state index contributed by atoms with van der Waals surface area (Å²) in [7, 11) is 0. The zero-order valence-electron chi connectivity index (χ0n) is 12.7. The van der Waals surface area contributed by atoms with E-state index < -0.39 is 0 Å². The lowest BCUT2D eigenvalue weighted by Crippen LogP contribution is -2.43. The van der Waals surface area contributed by atoms with Crippen LogP contribution in [-0.2, 0) is 16.0 Å². The zero-order chi connectivity index (χ0) is 15.5. The molecule has 0 spiro atoms. The normalized spacial score (nSPS) is 28.3. The fourth-order valence-corrected chi connectivity index (χ4v) is 3.71. The maximum absolute atomic E-state index is 12.7. The number of nitrogens with zero attached hydrogens (tertiary/aromatic N) is 1. The standard InChI is InChI=1S/C17H23ClN2O2/c18-15-6-2-1-4-12(15)10-13-5-3-9-20(13)17(21)16-8-7-14(11-19)22-16/h1-2,4,6,13-14,16H,3,5,7-11,19H2/t13?,14-,16+/m1/s1. The first-order chi connectivity index (χ1) is 10.7. The van der Waals surface area contributed by atoms with Crippen molar-refractivity contribution in [3.8, 4) is 0 Å². The van der Waals surface area contributed by atoms with Gasteiger partial charge in [-0.3, -0.25) is 4.79 Å². The number of hydrogen-bond acceptors (Lipinski definition) is 3. The first-order valence-electron chi connectivity index (χ1n) is 8.08. The third-order valence-corrected chi connectivity index (χ3v) is 5.09. The molecular weight excluding hydrogens is 300 g/mol. The summed E-state index contributed by atoms with van der Waals surface area (Å²) in [6, 6.07) is 8.11. The van der Waals surface area contributed by atoms with Gasteiger partial charge in [-0.05, 0) is 43.7 Å². The predicted molar refractivity (Wildman–Crippen MR) is 86.8 cm³/mol. The second-order valence-electron chi connectivity index (χ2n) is 6.18. The van der Waals surface area contributed by atoms with E-state index in [2.05, 4.69) is 0 Å². The molecule has 120 valence electrons. The van der Waals surface area contributed by atoms with Crippen molar-refractivity contribution in [3.05, 3.63) is 34.9 Å². The lowest BCUT2D eigenvalue weighted by Gasteiger charge is -2.27. The van der Waals surface area contributed by atoms with Gasteiger partial charge in [0.05, 0.1) is 6.10 Å². The van der Waals surface area contributed by atoms with Crippen molar-refractivity contribution in [1.29, 1.82) is 0 Å². The first-order valence-corrected chi connectivity index (χ1v) is 8.46. The Morgan fingerprint density at radius 1 is 1.32 bits per heavy atom. The summed E-state index contributed by atoms with van der Waals surface area (Å²) in [5.74, 6) is 0.130. The molecule has 3 rings (SSSR count). The van der Waals surface area contributed by atoms with Gasteiger partial charge in [-0.25, -0.2) is 0 Å². The molecule has 2 fully saturated rings. The van der Waals surface area contributed by atoms with Gasteiger partial charge >= 0.3 is 0 Å². The molecule has 2 heterocycles. The zero-order valence-corrected chi connectivity index (χ0v) is 13.5. The molecule has 1 unspecified atom stereocenters. The summed E-state index contributed by atoms with van der Waals surface area (Å²) in [6.07, 6.45) is 4.31. The van der Waals surface area contributed by atoms with Crippen LogP contribution in [0.3, 0.4) is 0 Å². The van der Waals surface area contributed by atoms with Crippen LogP contribution in [0, 0.1) is 0 Å². The van der Waals surface area contributed by atoms with Crippen LogP contribution in [0.1, 0.15) is 31.2 Å². The SMILES string of the molecule is NC[C@H]1CC[C@@H](C(=O)N2CCCC2Cc2ccccc2Cl)O1. The summed E-state index contributed by atoms with van der Waals surface area (Å²) < 4.78 is 5.76. The van der Waals surface area contributed by atoms with E-state index in [9.17, 15) is 4.79 Å². The van der Waals surface area contributed by atoms with Crippen LogP contribution in [0.4, 0.5) is 0 Å². The van der Waals surface area contributed by atoms with Gasteiger partial charge in [0.1, 0.15) is 6.10 Å². The van der Waals surface area contributed by atoms with Crippen LogP contribution in [0.15, 0.2) is 24.3 Å². The molecule has 2 N–H and O–H groups in total. The van der Waals surface area contributed by atoms with E-state index >= 15 is 0 Å². The minimum Gasteiger partial charge on any atom is -0.364 e. The molecule has 22 heavy (non-hydrogen) atoms. The van der Waals surface area contributed by atoms with Crippen molar-refractivity contribution in [1.82, 2.24) is 4.90 Å². The molecule has 1 aromatic rings. The Morgan fingerprint density at radius 3 is 2.86 bits per heavy atom. The van der Waals surface area contributed by atoms with E-state index in [1.807, 2.05) is 29.2 Å². The Labute approximate surface area is 136 Å². The highest BCUT2D eigenvalue weighted by molar-refractivity contribution is 6.31. The first kappa shape index (κ1) is 15.8. The van der Waals surface area contributed by atoms with Crippen LogP contribution < -0.4 is 5.73 Å². The van der Waals surface area contributed by atoms with Crippen LogP contribution in [0.5, 0.6) is 0 Å². The monoisotopic (exact) mass is 322 g/mol. The molecule has 2 saturated heterocycles. The van der Waals surface area contributed by atoms with E-state index in [0.717, 1.165) is 49.2 Å². The fraction of sp³-hybridized carbons (Fsp3) is 0.588. The van der Waals surface area contributed by atoms with Crippen LogP contribution >= 0.6 is 11.6 Å². The summed E-state index contributed by atoms with van der Waals surface area (Å²) in [5, 5.41) is 0.780. The molecule has 0 aliphatic carbocycles. The Kier molecular flexibility index (Phi) is 5.01. The third-order valence-electron chi connectivity index (χ3n) is 4.72. The quantitative estimate of drug-likeness (QED) is 0.926. The van der Waals surface area contributed by atoms with Gasteiger partial charge in [0.2, 0.25) is 0 Å². The summed E-state index contributed by atoms with van der Waals surface area (Å²) >= 11 is 6.25. The molecular formula is C17H23ClN2O2. The van der Waals surface area contributed by atoms with Crippen LogP contribution in [0.25, 0.3) is 0 Å². The number of carbonyl (C=O) groups is 1. The topological polar surface area (TPSA) is 55.6 Å². The molecule has 2 aliphatic heterocycles. The number of likely N-dealkylation sites (tertiary alicyclic amines) is 1. The molecule has 0 saturated carbocycles. The predicted octanol–water partition coefficient (Wildman–Crippen LogP) is 2.38. The molecule has 3 atom stereocenters. The number of carbonyl (C=O) groups excluding carboxylic acids is 1. The number of rotatable bonds is 4. The number of amides is 1. The molecule has 0 aromatic heterocycles. The van der Waals surface area contributed by atoms with E-state index in [1.54, 1.807) is 0 Å². The average Bonchev–Trinajstić information content (AvgIpc) is 3.18. The fourth-order valence-electron chi connectivity index (χ4n) is 3.50. The van der Waals surface area contributed by atoms with Crippen molar-refractivity contribution in [2.75, 3.05) is 13.1 Å². The number of halogens is 1. The highest BCUT2D eigenvalue weighted by atomic mass is 35.5. The number of ether oxygens (including phenoxy) is 1. The number of nitrogens with two attached hydrogens (primary N) is 1. The minimum absolute atomic E-state index is 0.0403. The molecule has 1 amide bonds. The highest BCUT2D eigenvalue weighted by Gasteiger charge is 2.37. The van der Waals surface area contributed by atoms with Crippen molar-refractivity contribution >= 4 is 17.5 Å². The minimum atomic E-state index is -0.305. The highest BCUT2D eigenvalue weighted by Crippen LogP contribution is 2.28. The van der Waals surface area contributed by atoms with Crippen molar-refractivity contribution in [2.45, 2.75) is 50.4 Å². The number of benzene rings is 1. The van der Waals surface area contributed by atoms with Gasteiger partial charge in [-0.2, -0.15) is 0 Å². The second-order valence-corrected chi connectivity index (χ2v) is 6.59. The van der Waals surface area contributed by atoms with Gasteiger partial charge in [-0.1, -0.05) is 29.8 Å². The van der Waals surface area contributed by atoms with Gasteiger partial charge in [0, 0.05) is 24.2 Å². The molecule has 5 heteroatoms. The van der Waals surface area contributed by atoms with E-state index in [1.165, 1.54) is 0 Å². The maximum Gasteiger partial charge on any atom is 0.251 e. The van der Waals surface area contributed by atoms with Gasteiger partial charge in [-0.15, -0.1) is 0 Å². The van der Waals surface area contributed by atoms with Crippen molar-refractivity contribution in [3.63, 3.8) is 0 Å². The number of hydrogen-bond donors (Lipinski definition) is 1. The largest absolute Gasteiger partial charge is 0.364 e. The van der Waals surface area contributed by atoms with E-state index in [-0.39, 0.29) is 24.2 Å². The molecule has 2 aliphatic rings. The third kappa shape index (κ3) is 3.29. The second kappa shape index (κ2) is 6.99. The average molecular weight is 323 g/mol. The Balaban J connectivity index is 1.66. The van der Waals surface area contributed by atoms with Crippen molar-refractivity contribution < 1.29 is 9.53 Å². The summed E-state index contributed by atoms with van der Waals surface area (Å²) in [4.78, 5) is 14.7. The Morgan fingerprint density at radius 2 is 2.14 bits per heavy atom. The van der Waals surface area contributed by atoms with E-state index in [4.69, 9.17) is 22.1 Å². The molecule has 4 nitrogen and oxygen atoms in total. The van der Waals surface area contributed by atoms with Crippen LogP contribution in [-0.4, -0.2) is 42.1 Å². The molecule has 1 aromatic carbocycles. The van der Waals surface area contributed by atoms with Gasteiger partial charge in [0.25, 0.3) is 5.91 Å². The Bertz CT molecular complexity index is 537. The van der Waals surface area contributed by atoms with Gasteiger partial charge < -0.3 is 15.4 Å². The molecule has 0 radical (unpaired) electrons.